The van der Waals surface area contributed by atoms with E-state index in [1.165, 1.54) is 0 Å². The first-order valence-corrected chi connectivity index (χ1v) is 9.04. The molecule has 1 aliphatic heterocycles. The highest BCUT2D eigenvalue weighted by molar-refractivity contribution is 7.89. The minimum atomic E-state index is -3.50. The predicted molar refractivity (Wildman–Crippen MR) is 83.0 cm³/mol. The lowest BCUT2D eigenvalue weighted by molar-refractivity contribution is 0.214. The summed E-state index contributed by atoms with van der Waals surface area (Å²) >= 11 is 0. The fourth-order valence-corrected chi connectivity index (χ4v) is 3.66. The van der Waals surface area contributed by atoms with Crippen LogP contribution in [0, 0.1) is 5.92 Å². The molecule has 2 rings (SSSR count). The van der Waals surface area contributed by atoms with Gasteiger partial charge in [0.15, 0.2) is 0 Å². The van der Waals surface area contributed by atoms with Crippen LogP contribution in [0.15, 0.2) is 29.2 Å². The zero-order chi connectivity index (χ0) is 15.1. The summed E-state index contributed by atoms with van der Waals surface area (Å²) in [6.45, 7) is 4.91. The monoisotopic (exact) mass is 312 g/mol. The minimum Gasteiger partial charge on any atom is -0.492 e. The molecular weight excluding hydrogens is 288 g/mol. The van der Waals surface area contributed by atoms with Crippen LogP contribution in [0.5, 0.6) is 5.75 Å². The number of rotatable bonds is 7. The molecule has 1 atom stereocenters. The van der Waals surface area contributed by atoms with Gasteiger partial charge in [-0.1, -0.05) is 19.1 Å². The van der Waals surface area contributed by atoms with Crippen LogP contribution in [0.4, 0.5) is 0 Å². The van der Waals surface area contributed by atoms with Crippen LogP contribution < -0.4 is 14.8 Å². The van der Waals surface area contributed by atoms with Crippen LogP contribution >= 0.6 is 0 Å². The molecule has 1 aliphatic rings. The summed E-state index contributed by atoms with van der Waals surface area (Å²) in [5.41, 5.74) is 0. The number of benzene rings is 1. The smallest absolute Gasteiger partial charge is 0.244 e. The molecular formula is C15H24N2O3S. The van der Waals surface area contributed by atoms with Crippen molar-refractivity contribution < 1.29 is 13.2 Å². The summed E-state index contributed by atoms with van der Waals surface area (Å²) in [5, 5.41) is 3.33. The van der Waals surface area contributed by atoms with E-state index in [9.17, 15) is 8.42 Å². The van der Waals surface area contributed by atoms with Gasteiger partial charge in [-0.2, -0.15) is 0 Å². The lowest BCUT2D eigenvalue weighted by Gasteiger charge is -2.23. The Bertz CT molecular complexity index is 540. The topological polar surface area (TPSA) is 67.4 Å². The van der Waals surface area contributed by atoms with Crippen LogP contribution in [-0.4, -0.2) is 34.7 Å². The molecule has 0 aromatic heterocycles. The average molecular weight is 312 g/mol. The molecule has 1 unspecified atom stereocenters. The third kappa shape index (κ3) is 4.69. The Morgan fingerprint density at radius 1 is 1.38 bits per heavy atom. The first kappa shape index (κ1) is 16.3. The Balaban J connectivity index is 2.05. The van der Waals surface area contributed by atoms with Crippen molar-refractivity contribution in [2.75, 3.05) is 26.2 Å². The summed E-state index contributed by atoms with van der Waals surface area (Å²) in [5.74, 6) is 0.879. The lowest BCUT2D eigenvalue weighted by atomic mass is 10.0. The molecule has 118 valence electrons. The molecule has 5 nitrogen and oxygen atoms in total. The zero-order valence-corrected chi connectivity index (χ0v) is 13.3. The molecule has 0 aliphatic carbocycles. The molecule has 1 fully saturated rings. The third-order valence-corrected chi connectivity index (χ3v) is 5.05. The minimum absolute atomic E-state index is 0.224. The molecule has 1 aromatic carbocycles. The van der Waals surface area contributed by atoms with E-state index in [1.54, 1.807) is 24.3 Å². The molecule has 0 saturated carbocycles. The molecule has 1 saturated heterocycles. The van der Waals surface area contributed by atoms with Gasteiger partial charge < -0.3 is 10.1 Å². The van der Waals surface area contributed by atoms with E-state index in [0.717, 1.165) is 32.4 Å². The standard InChI is InChI=1S/C15H24N2O3S/c1-2-9-17-21(18,19)15-8-4-3-7-14(15)20-12-13-6-5-10-16-11-13/h3-4,7-8,13,16-17H,2,5-6,9-12H2,1H3. The highest BCUT2D eigenvalue weighted by atomic mass is 32.2. The summed E-state index contributed by atoms with van der Waals surface area (Å²) in [4.78, 5) is 0.224. The van der Waals surface area contributed by atoms with Gasteiger partial charge >= 0.3 is 0 Å². The zero-order valence-electron chi connectivity index (χ0n) is 12.5. The van der Waals surface area contributed by atoms with Crippen molar-refractivity contribution in [1.82, 2.24) is 10.0 Å². The van der Waals surface area contributed by atoms with Gasteiger partial charge in [0.1, 0.15) is 10.6 Å². The summed E-state index contributed by atoms with van der Waals surface area (Å²) in [6, 6.07) is 6.83. The molecule has 2 N–H and O–H groups in total. The molecule has 1 heterocycles. The van der Waals surface area contributed by atoms with E-state index >= 15 is 0 Å². The van der Waals surface area contributed by atoms with Crippen molar-refractivity contribution in [3.63, 3.8) is 0 Å². The van der Waals surface area contributed by atoms with Crippen LogP contribution in [0.1, 0.15) is 26.2 Å². The van der Waals surface area contributed by atoms with Crippen molar-refractivity contribution in [2.45, 2.75) is 31.1 Å². The van der Waals surface area contributed by atoms with Gasteiger partial charge in [0.2, 0.25) is 10.0 Å². The number of sulfonamides is 1. The molecule has 6 heteroatoms. The van der Waals surface area contributed by atoms with Gasteiger partial charge in [-0.25, -0.2) is 13.1 Å². The Morgan fingerprint density at radius 3 is 2.90 bits per heavy atom. The van der Waals surface area contributed by atoms with Crippen molar-refractivity contribution >= 4 is 10.0 Å². The molecule has 0 amide bonds. The number of hydrogen-bond donors (Lipinski definition) is 2. The second-order valence-corrected chi connectivity index (χ2v) is 7.10. The first-order chi connectivity index (χ1) is 10.1. The fourth-order valence-electron chi connectivity index (χ4n) is 2.38. The SMILES string of the molecule is CCCNS(=O)(=O)c1ccccc1OCC1CCCNC1. The van der Waals surface area contributed by atoms with Crippen LogP contribution in [0.2, 0.25) is 0 Å². The van der Waals surface area contributed by atoms with E-state index < -0.39 is 10.0 Å². The number of nitrogens with one attached hydrogen (secondary N) is 2. The quantitative estimate of drug-likeness (QED) is 0.805. The van der Waals surface area contributed by atoms with E-state index in [-0.39, 0.29) is 4.90 Å². The van der Waals surface area contributed by atoms with Gasteiger partial charge in [-0.3, -0.25) is 0 Å². The van der Waals surface area contributed by atoms with Gasteiger partial charge in [-0.15, -0.1) is 0 Å². The maximum Gasteiger partial charge on any atom is 0.244 e. The van der Waals surface area contributed by atoms with Crippen LogP contribution in [-0.2, 0) is 10.0 Å². The number of hydrogen-bond acceptors (Lipinski definition) is 4. The highest BCUT2D eigenvalue weighted by Crippen LogP contribution is 2.24. The first-order valence-electron chi connectivity index (χ1n) is 7.55. The van der Waals surface area contributed by atoms with Crippen molar-refractivity contribution in [1.29, 1.82) is 0 Å². The van der Waals surface area contributed by atoms with Gasteiger partial charge in [0, 0.05) is 19.0 Å². The molecule has 0 radical (unpaired) electrons. The number of piperidine rings is 1. The van der Waals surface area contributed by atoms with E-state index in [1.807, 2.05) is 6.92 Å². The maximum atomic E-state index is 12.3. The lowest BCUT2D eigenvalue weighted by Crippen LogP contribution is -2.33. The second-order valence-electron chi connectivity index (χ2n) is 5.37. The molecule has 21 heavy (non-hydrogen) atoms. The number of ether oxygens (including phenoxy) is 1. The van der Waals surface area contributed by atoms with Crippen LogP contribution in [0.25, 0.3) is 0 Å². The van der Waals surface area contributed by atoms with Crippen molar-refractivity contribution in [2.24, 2.45) is 5.92 Å². The van der Waals surface area contributed by atoms with E-state index in [2.05, 4.69) is 10.0 Å². The molecule has 0 bridgehead atoms. The Hall–Kier alpha value is -1.11. The Morgan fingerprint density at radius 2 is 2.19 bits per heavy atom. The fraction of sp³-hybridized carbons (Fsp3) is 0.600. The second kappa shape index (κ2) is 7.77. The molecule has 0 spiro atoms. The highest BCUT2D eigenvalue weighted by Gasteiger charge is 2.20. The van der Waals surface area contributed by atoms with Crippen molar-refractivity contribution in [3.05, 3.63) is 24.3 Å². The van der Waals surface area contributed by atoms with Crippen molar-refractivity contribution in [3.8, 4) is 5.75 Å². The average Bonchev–Trinajstić information content (AvgIpc) is 2.52. The van der Waals surface area contributed by atoms with Gasteiger partial charge in [0.05, 0.1) is 6.61 Å². The predicted octanol–water partition coefficient (Wildman–Crippen LogP) is 1.75. The largest absolute Gasteiger partial charge is 0.492 e. The number of para-hydroxylation sites is 1. The van der Waals surface area contributed by atoms with Gasteiger partial charge in [0.25, 0.3) is 0 Å². The normalized spacial score (nSPS) is 19.4. The summed E-state index contributed by atoms with van der Waals surface area (Å²) < 4.78 is 32.9. The Kier molecular flexibility index (Phi) is 6.02. The maximum absolute atomic E-state index is 12.3. The van der Waals surface area contributed by atoms with Crippen LogP contribution in [0.3, 0.4) is 0 Å². The Labute approximate surface area is 127 Å². The van der Waals surface area contributed by atoms with Gasteiger partial charge in [-0.05, 0) is 37.9 Å². The summed E-state index contributed by atoms with van der Waals surface area (Å²) in [6.07, 6.45) is 3.03. The molecule has 1 aromatic rings. The van der Waals surface area contributed by atoms with E-state index in [0.29, 0.717) is 24.8 Å². The third-order valence-electron chi connectivity index (χ3n) is 3.55. The summed E-state index contributed by atoms with van der Waals surface area (Å²) in [7, 11) is -3.50. The van der Waals surface area contributed by atoms with E-state index in [4.69, 9.17) is 4.74 Å².